The molecule has 0 bridgehead atoms. The number of hydrogen-bond acceptors (Lipinski definition) is 3. The monoisotopic (exact) mass is 253 g/mol. The highest BCUT2D eigenvalue weighted by molar-refractivity contribution is 6.00. The van der Waals surface area contributed by atoms with Gasteiger partial charge in [-0.3, -0.25) is 9.69 Å². The second-order valence-corrected chi connectivity index (χ2v) is 5.11. The lowest BCUT2D eigenvalue weighted by molar-refractivity contribution is 0.0844. The third kappa shape index (κ3) is 3.29. The van der Waals surface area contributed by atoms with E-state index < -0.39 is 5.82 Å². The average Bonchev–Trinajstić information content (AvgIpc) is 2.31. The fourth-order valence-electron chi connectivity index (χ4n) is 1.52. The Bertz CT molecular complexity index is 443. The number of benzene rings is 1. The quantitative estimate of drug-likeness (QED) is 0.820. The molecule has 0 aromatic heterocycles. The summed E-state index contributed by atoms with van der Waals surface area (Å²) in [6, 6.07) is 3.41. The zero-order valence-electron chi connectivity index (χ0n) is 11.3. The summed E-state index contributed by atoms with van der Waals surface area (Å²) >= 11 is 0. The number of ketones is 1. The number of phenols is 1. The maximum atomic E-state index is 13.1. The van der Waals surface area contributed by atoms with Gasteiger partial charge in [-0.05, 0) is 45.5 Å². The molecule has 4 heteroatoms. The first-order valence-corrected chi connectivity index (χ1v) is 6.01. The Kier molecular flexibility index (Phi) is 4.46. The summed E-state index contributed by atoms with van der Waals surface area (Å²) in [5, 5.41) is 9.57. The molecular formula is C14H20FNO2. The maximum absolute atomic E-state index is 13.1. The third-order valence-corrected chi connectivity index (χ3v) is 3.54. The summed E-state index contributed by atoms with van der Waals surface area (Å²) in [6.07, 6.45) is 0.895. The van der Waals surface area contributed by atoms with Gasteiger partial charge in [-0.15, -0.1) is 0 Å². The fraction of sp³-hybridized carbons (Fsp3) is 0.500. The molecule has 0 saturated heterocycles. The van der Waals surface area contributed by atoms with Crippen LogP contribution < -0.4 is 0 Å². The Morgan fingerprint density at radius 2 is 2.06 bits per heavy atom. The molecule has 0 saturated carbocycles. The van der Waals surface area contributed by atoms with E-state index in [1.54, 1.807) is 0 Å². The predicted octanol–water partition coefficient (Wildman–Crippen LogP) is 2.83. The van der Waals surface area contributed by atoms with E-state index in [1.807, 2.05) is 32.7 Å². The highest BCUT2D eigenvalue weighted by Gasteiger charge is 2.24. The standard InChI is InChI=1S/C14H20FNO2/c1-5-14(2,3)16(4)9-13(18)11-8-10(15)6-7-12(11)17/h6-8,17H,5,9H2,1-4H3. The van der Waals surface area contributed by atoms with Crippen molar-refractivity contribution in [2.45, 2.75) is 32.7 Å². The maximum Gasteiger partial charge on any atom is 0.180 e. The number of carbonyl (C=O) groups is 1. The normalized spacial score (nSPS) is 11.9. The first-order chi connectivity index (χ1) is 8.27. The number of halogens is 1. The van der Waals surface area contributed by atoms with E-state index in [-0.39, 0.29) is 29.2 Å². The van der Waals surface area contributed by atoms with Crippen LogP contribution in [0.1, 0.15) is 37.6 Å². The average molecular weight is 253 g/mol. The largest absolute Gasteiger partial charge is 0.507 e. The van der Waals surface area contributed by atoms with Crippen molar-refractivity contribution in [1.29, 1.82) is 0 Å². The van der Waals surface area contributed by atoms with Crippen molar-refractivity contribution in [3.8, 4) is 5.75 Å². The minimum absolute atomic E-state index is 0.0359. The number of hydrogen-bond donors (Lipinski definition) is 1. The molecule has 0 radical (unpaired) electrons. The van der Waals surface area contributed by atoms with Crippen molar-refractivity contribution in [3.63, 3.8) is 0 Å². The molecule has 0 unspecified atom stereocenters. The van der Waals surface area contributed by atoms with Gasteiger partial charge in [0.15, 0.2) is 5.78 Å². The molecule has 1 N–H and O–H groups in total. The van der Waals surface area contributed by atoms with Crippen LogP contribution in [0.3, 0.4) is 0 Å². The number of likely N-dealkylation sites (N-methyl/N-ethyl adjacent to an activating group) is 1. The van der Waals surface area contributed by atoms with Crippen LogP contribution >= 0.6 is 0 Å². The minimum atomic E-state index is -0.520. The lowest BCUT2D eigenvalue weighted by Crippen LogP contribution is -2.43. The van der Waals surface area contributed by atoms with Crippen LogP contribution in [-0.4, -0.2) is 34.9 Å². The van der Waals surface area contributed by atoms with Gasteiger partial charge < -0.3 is 5.11 Å². The first kappa shape index (κ1) is 14.6. The number of carbonyl (C=O) groups excluding carboxylic acids is 1. The lowest BCUT2D eigenvalue weighted by atomic mass is 9.99. The molecule has 1 rings (SSSR count). The molecule has 0 aliphatic carbocycles. The summed E-state index contributed by atoms with van der Waals surface area (Å²) in [5.74, 6) is -0.978. The predicted molar refractivity (Wildman–Crippen MR) is 69.4 cm³/mol. The molecule has 0 aliphatic rings. The van der Waals surface area contributed by atoms with Gasteiger partial charge in [0, 0.05) is 5.54 Å². The Labute approximate surface area is 107 Å². The molecule has 0 spiro atoms. The van der Waals surface area contributed by atoms with Crippen LogP contribution in [0.15, 0.2) is 18.2 Å². The summed E-state index contributed by atoms with van der Waals surface area (Å²) in [7, 11) is 1.84. The highest BCUT2D eigenvalue weighted by Crippen LogP contribution is 2.21. The SMILES string of the molecule is CCC(C)(C)N(C)CC(=O)c1cc(F)ccc1O. The zero-order chi connectivity index (χ0) is 13.9. The minimum Gasteiger partial charge on any atom is -0.507 e. The summed E-state index contributed by atoms with van der Waals surface area (Å²) in [4.78, 5) is 13.9. The van der Waals surface area contributed by atoms with Crippen molar-refractivity contribution in [3.05, 3.63) is 29.6 Å². The molecule has 0 heterocycles. The Morgan fingerprint density at radius 3 is 2.61 bits per heavy atom. The lowest BCUT2D eigenvalue weighted by Gasteiger charge is -2.34. The molecule has 0 amide bonds. The number of nitrogens with zero attached hydrogens (tertiary/aromatic N) is 1. The van der Waals surface area contributed by atoms with Crippen molar-refractivity contribution >= 4 is 5.78 Å². The number of rotatable bonds is 5. The van der Waals surface area contributed by atoms with E-state index in [2.05, 4.69) is 0 Å². The second kappa shape index (κ2) is 5.48. The molecule has 0 fully saturated rings. The second-order valence-electron chi connectivity index (χ2n) is 5.11. The van der Waals surface area contributed by atoms with Gasteiger partial charge in [-0.2, -0.15) is 0 Å². The van der Waals surface area contributed by atoms with E-state index >= 15 is 0 Å². The van der Waals surface area contributed by atoms with Gasteiger partial charge >= 0.3 is 0 Å². The van der Waals surface area contributed by atoms with Gasteiger partial charge in [0.1, 0.15) is 11.6 Å². The van der Waals surface area contributed by atoms with Crippen LogP contribution in [0.2, 0.25) is 0 Å². The molecular weight excluding hydrogens is 233 g/mol. The zero-order valence-corrected chi connectivity index (χ0v) is 11.3. The van der Waals surface area contributed by atoms with Crippen molar-refractivity contribution in [2.75, 3.05) is 13.6 Å². The van der Waals surface area contributed by atoms with Gasteiger partial charge in [0.05, 0.1) is 12.1 Å². The number of aromatic hydroxyl groups is 1. The molecule has 3 nitrogen and oxygen atoms in total. The van der Waals surface area contributed by atoms with Crippen molar-refractivity contribution in [1.82, 2.24) is 4.90 Å². The summed E-state index contributed by atoms with van der Waals surface area (Å²) in [5.41, 5.74) is -0.0766. The van der Waals surface area contributed by atoms with Gasteiger partial charge in [0.2, 0.25) is 0 Å². The smallest absolute Gasteiger partial charge is 0.180 e. The van der Waals surface area contributed by atoms with Crippen LogP contribution in [0, 0.1) is 5.82 Å². The molecule has 100 valence electrons. The van der Waals surface area contributed by atoms with Gasteiger partial charge in [-0.25, -0.2) is 4.39 Å². The Morgan fingerprint density at radius 1 is 1.44 bits per heavy atom. The van der Waals surface area contributed by atoms with E-state index in [1.165, 1.54) is 6.07 Å². The van der Waals surface area contributed by atoms with E-state index in [0.29, 0.717) is 0 Å². The summed E-state index contributed by atoms with van der Waals surface area (Å²) in [6.45, 7) is 6.26. The van der Waals surface area contributed by atoms with Gasteiger partial charge in [-0.1, -0.05) is 6.92 Å². The van der Waals surface area contributed by atoms with Crippen molar-refractivity contribution < 1.29 is 14.3 Å². The van der Waals surface area contributed by atoms with Crippen molar-refractivity contribution in [2.24, 2.45) is 0 Å². The fourth-order valence-corrected chi connectivity index (χ4v) is 1.52. The molecule has 18 heavy (non-hydrogen) atoms. The highest BCUT2D eigenvalue weighted by atomic mass is 19.1. The van der Waals surface area contributed by atoms with Crippen LogP contribution in [0.5, 0.6) is 5.75 Å². The van der Waals surface area contributed by atoms with E-state index in [4.69, 9.17) is 0 Å². The van der Waals surface area contributed by atoms with Crippen LogP contribution in [0.25, 0.3) is 0 Å². The molecule has 0 aliphatic heterocycles. The third-order valence-electron chi connectivity index (χ3n) is 3.54. The molecule has 0 atom stereocenters. The number of Topliss-reactive ketones (excluding diaryl/α,β-unsaturated/α-hetero) is 1. The van der Waals surface area contributed by atoms with Crippen LogP contribution in [-0.2, 0) is 0 Å². The van der Waals surface area contributed by atoms with E-state index in [0.717, 1.165) is 18.6 Å². The molecule has 1 aromatic rings. The summed E-state index contributed by atoms with van der Waals surface area (Å²) < 4.78 is 13.1. The Hall–Kier alpha value is -1.42. The van der Waals surface area contributed by atoms with Gasteiger partial charge in [0.25, 0.3) is 0 Å². The van der Waals surface area contributed by atoms with E-state index in [9.17, 15) is 14.3 Å². The first-order valence-electron chi connectivity index (χ1n) is 6.01. The number of phenolic OH excluding ortho intramolecular Hbond substituents is 1. The Balaban J connectivity index is 2.86. The van der Waals surface area contributed by atoms with Crippen LogP contribution in [0.4, 0.5) is 4.39 Å². The topological polar surface area (TPSA) is 40.5 Å². The molecule has 1 aromatic carbocycles.